The van der Waals surface area contributed by atoms with E-state index in [2.05, 4.69) is 34.0 Å². The van der Waals surface area contributed by atoms with Gasteiger partial charge >= 0.3 is 0 Å². The largest absolute Gasteiger partial charge is 0.356 e. The number of rotatable bonds is 6. The van der Waals surface area contributed by atoms with Gasteiger partial charge in [0.25, 0.3) is 0 Å². The second kappa shape index (κ2) is 10.9. The molecule has 1 amide bonds. The van der Waals surface area contributed by atoms with Gasteiger partial charge in [-0.1, -0.05) is 6.92 Å². The fourth-order valence-corrected chi connectivity index (χ4v) is 1.95. The SMILES string of the molecule is CCCNC(=NCc1ccsc1)NCC(=O)N(C)C.I. The van der Waals surface area contributed by atoms with Gasteiger partial charge in [0.1, 0.15) is 0 Å². The van der Waals surface area contributed by atoms with Crippen LogP contribution in [0, 0.1) is 0 Å². The summed E-state index contributed by atoms with van der Waals surface area (Å²) in [7, 11) is 3.48. The van der Waals surface area contributed by atoms with Gasteiger partial charge in [-0.3, -0.25) is 4.79 Å². The first kappa shape index (κ1) is 19.2. The van der Waals surface area contributed by atoms with E-state index in [0.717, 1.165) is 13.0 Å². The first-order chi connectivity index (χ1) is 9.13. The molecule has 0 saturated carbocycles. The van der Waals surface area contributed by atoms with Crippen molar-refractivity contribution < 1.29 is 4.79 Å². The van der Waals surface area contributed by atoms with Gasteiger partial charge in [0.05, 0.1) is 13.1 Å². The average Bonchev–Trinajstić information content (AvgIpc) is 2.90. The van der Waals surface area contributed by atoms with Gasteiger partial charge in [-0.05, 0) is 28.8 Å². The second-order valence-corrected chi connectivity index (χ2v) is 5.14. The zero-order valence-corrected chi connectivity index (χ0v) is 15.3. The lowest BCUT2D eigenvalue weighted by molar-refractivity contribution is -0.127. The summed E-state index contributed by atoms with van der Waals surface area (Å²) < 4.78 is 0. The third kappa shape index (κ3) is 7.68. The molecular formula is C13H23IN4OS. The van der Waals surface area contributed by atoms with Crippen LogP contribution in [0.25, 0.3) is 0 Å². The van der Waals surface area contributed by atoms with Crippen molar-refractivity contribution in [1.29, 1.82) is 0 Å². The van der Waals surface area contributed by atoms with Gasteiger partial charge in [-0.2, -0.15) is 11.3 Å². The Hall–Kier alpha value is -0.830. The summed E-state index contributed by atoms with van der Waals surface area (Å²) in [5.74, 6) is 0.713. The first-order valence-corrected chi connectivity index (χ1v) is 7.31. The van der Waals surface area contributed by atoms with E-state index in [-0.39, 0.29) is 36.4 Å². The van der Waals surface area contributed by atoms with Crippen LogP contribution in [0.5, 0.6) is 0 Å². The number of carbonyl (C=O) groups is 1. The highest BCUT2D eigenvalue weighted by atomic mass is 127. The van der Waals surface area contributed by atoms with Gasteiger partial charge in [0, 0.05) is 20.6 Å². The van der Waals surface area contributed by atoms with Crippen molar-refractivity contribution in [2.45, 2.75) is 19.9 Å². The fraction of sp³-hybridized carbons (Fsp3) is 0.538. The van der Waals surface area contributed by atoms with Gasteiger partial charge in [0.2, 0.25) is 5.91 Å². The maximum absolute atomic E-state index is 11.5. The van der Waals surface area contributed by atoms with Gasteiger partial charge < -0.3 is 15.5 Å². The van der Waals surface area contributed by atoms with Crippen LogP contribution >= 0.6 is 35.3 Å². The summed E-state index contributed by atoms with van der Waals surface area (Å²) in [5.41, 5.74) is 1.18. The van der Waals surface area contributed by atoms with E-state index in [9.17, 15) is 4.79 Å². The van der Waals surface area contributed by atoms with E-state index < -0.39 is 0 Å². The number of aliphatic imine (C=N–C) groups is 1. The zero-order chi connectivity index (χ0) is 14.1. The van der Waals surface area contributed by atoms with Crippen LogP contribution in [0.1, 0.15) is 18.9 Å². The van der Waals surface area contributed by atoms with Crippen LogP contribution in [0.3, 0.4) is 0 Å². The van der Waals surface area contributed by atoms with Crippen LogP contribution in [0.4, 0.5) is 0 Å². The Labute approximate surface area is 141 Å². The Morgan fingerprint density at radius 3 is 2.70 bits per heavy atom. The lowest BCUT2D eigenvalue weighted by Gasteiger charge is -2.14. The summed E-state index contributed by atoms with van der Waals surface area (Å²) in [6.07, 6.45) is 1.01. The predicted molar refractivity (Wildman–Crippen MR) is 95.9 cm³/mol. The number of nitrogens with one attached hydrogen (secondary N) is 2. The Bertz CT molecular complexity index is 407. The minimum atomic E-state index is 0. The fourth-order valence-electron chi connectivity index (χ4n) is 1.29. The molecule has 0 aliphatic rings. The quantitative estimate of drug-likeness (QED) is 0.428. The normalized spacial score (nSPS) is 10.7. The topological polar surface area (TPSA) is 56.7 Å². The third-order valence-electron chi connectivity index (χ3n) is 2.45. The highest BCUT2D eigenvalue weighted by molar-refractivity contribution is 14.0. The molecule has 0 aliphatic heterocycles. The van der Waals surface area contributed by atoms with Crippen molar-refractivity contribution >= 4 is 47.2 Å². The van der Waals surface area contributed by atoms with Crippen LogP contribution in [0.15, 0.2) is 21.8 Å². The highest BCUT2D eigenvalue weighted by Crippen LogP contribution is 2.06. The molecule has 7 heteroatoms. The van der Waals surface area contributed by atoms with Crippen molar-refractivity contribution in [3.05, 3.63) is 22.4 Å². The van der Waals surface area contributed by atoms with Crippen molar-refractivity contribution in [1.82, 2.24) is 15.5 Å². The molecule has 1 rings (SSSR count). The molecule has 0 unspecified atom stereocenters. The number of thiophene rings is 1. The monoisotopic (exact) mass is 410 g/mol. The van der Waals surface area contributed by atoms with E-state index >= 15 is 0 Å². The standard InChI is InChI=1S/C13H22N4OS.HI/c1-4-6-14-13(16-9-12(18)17(2)3)15-8-11-5-7-19-10-11;/h5,7,10H,4,6,8-9H2,1-3H3,(H2,14,15,16);1H. The van der Waals surface area contributed by atoms with E-state index in [4.69, 9.17) is 0 Å². The first-order valence-electron chi connectivity index (χ1n) is 6.37. The van der Waals surface area contributed by atoms with E-state index in [1.54, 1.807) is 30.3 Å². The number of amides is 1. The number of hydrogen-bond donors (Lipinski definition) is 2. The Balaban J connectivity index is 0.00000361. The lowest BCUT2D eigenvalue weighted by atomic mass is 10.3. The number of likely N-dealkylation sites (N-methyl/N-ethyl adjacent to an activating group) is 1. The van der Waals surface area contributed by atoms with Crippen molar-refractivity contribution in [2.24, 2.45) is 4.99 Å². The maximum Gasteiger partial charge on any atom is 0.241 e. The predicted octanol–water partition coefficient (Wildman–Crippen LogP) is 1.90. The number of carbonyl (C=O) groups excluding carboxylic acids is 1. The molecule has 0 fully saturated rings. The van der Waals surface area contributed by atoms with Crippen LogP contribution in [0.2, 0.25) is 0 Å². The smallest absolute Gasteiger partial charge is 0.241 e. The maximum atomic E-state index is 11.5. The molecule has 0 aliphatic carbocycles. The highest BCUT2D eigenvalue weighted by Gasteiger charge is 2.05. The molecule has 2 N–H and O–H groups in total. The van der Waals surface area contributed by atoms with E-state index in [1.807, 2.05) is 5.38 Å². The Morgan fingerprint density at radius 2 is 2.15 bits per heavy atom. The molecule has 1 aromatic heterocycles. The Morgan fingerprint density at radius 1 is 1.40 bits per heavy atom. The summed E-state index contributed by atoms with van der Waals surface area (Å²) in [6, 6.07) is 2.05. The van der Waals surface area contributed by atoms with Crippen LogP contribution < -0.4 is 10.6 Å². The molecule has 1 heterocycles. The van der Waals surface area contributed by atoms with Crippen molar-refractivity contribution in [2.75, 3.05) is 27.2 Å². The van der Waals surface area contributed by atoms with Crippen LogP contribution in [-0.2, 0) is 11.3 Å². The number of nitrogens with zero attached hydrogens (tertiary/aromatic N) is 2. The van der Waals surface area contributed by atoms with Gasteiger partial charge in [-0.25, -0.2) is 4.99 Å². The number of guanidine groups is 1. The molecule has 0 aromatic carbocycles. The molecule has 114 valence electrons. The molecule has 20 heavy (non-hydrogen) atoms. The van der Waals surface area contributed by atoms with Crippen molar-refractivity contribution in [3.8, 4) is 0 Å². The molecule has 0 saturated heterocycles. The van der Waals surface area contributed by atoms with E-state index in [1.165, 1.54) is 5.56 Å². The van der Waals surface area contributed by atoms with Crippen molar-refractivity contribution in [3.63, 3.8) is 0 Å². The second-order valence-electron chi connectivity index (χ2n) is 4.36. The molecule has 0 atom stereocenters. The average molecular weight is 410 g/mol. The lowest BCUT2D eigenvalue weighted by Crippen LogP contribution is -2.43. The van der Waals surface area contributed by atoms with E-state index in [0.29, 0.717) is 12.5 Å². The molecule has 0 radical (unpaired) electrons. The summed E-state index contributed by atoms with van der Waals surface area (Å²) in [5, 5.41) is 10.4. The molecule has 0 bridgehead atoms. The number of hydrogen-bond acceptors (Lipinski definition) is 3. The molecule has 5 nitrogen and oxygen atoms in total. The zero-order valence-electron chi connectivity index (χ0n) is 12.2. The van der Waals surface area contributed by atoms with Gasteiger partial charge in [-0.15, -0.1) is 24.0 Å². The van der Waals surface area contributed by atoms with Gasteiger partial charge in [0.15, 0.2) is 5.96 Å². The third-order valence-corrected chi connectivity index (χ3v) is 3.18. The minimum absolute atomic E-state index is 0. The van der Waals surface area contributed by atoms with Crippen LogP contribution in [-0.4, -0.2) is 44.0 Å². The molecule has 0 spiro atoms. The Kier molecular flexibility index (Phi) is 10.4. The summed E-state index contributed by atoms with van der Waals surface area (Å²) in [6.45, 7) is 3.81. The summed E-state index contributed by atoms with van der Waals surface area (Å²) >= 11 is 1.66. The molecule has 1 aromatic rings. The summed E-state index contributed by atoms with van der Waals surface area (Å²) in [4.78, 5) is 17.6. The number of halogens is 1. The molecular weight excluding hydrogens is 387 g/mol. The minimum Gasteiger partial charge on any atom is -0.356 e.